The van der Waals surface area contributed by atoms with E-state index in [0.717, 1.165) is 17.2 Å². The number of rotatable bonds is 7. The first kappa shape index (κ1) is 30.5. The zero-order chi connectivity index (χ0) is 30.4. The predicted octanol–water partition coefficient (Wildman–Crippen LogP) is 6.31. The second-order valence-corrected chi connectivity index (χ2v) is 11.3. The van der Waals surface area contributed by atoms with Crippen LogP contribution in [0, 0.1) is 17.1 Å². The van der Waals surface area contributed by atoms with Gasteiger partial charge in [-0.15, -0.1) is 0 Å². The van der Waals surface area contributed by atoms with Crippen LogP contribution in [0.5, 0.6) is 0 Å². The highest BCUT2D eigenvalue weighted by Crippen LogP contribution is 2.30. The maximum Gasteiger partial charge on any atom is 0.410 e. The second-order valence-electron chi connectivity index (χ2n) is 10.9. The van der Waals surface area contributed by atoms with Gasteiger partial charge in [0.1, 0.15) is 17.5 Å². The van der Waals surface area contributed by atoms with E-state index >= 15 is 0 Å². The van der Waals surface area contributed by atoms with Crippen molar-refractivity contribution in [1.82, 2.24) is 14.9 Å². The Labute approximate surface area is 248 Å². The van der Waals surface area contributed by atoms with Crippen molar-refractivity contribution in [3.63, 3.8) is 0 Å². The van der Waals surface area contributed by atoms with Crippen LogP contribution in [0.3, 0.4) is 0 Å². The summed E-state index contributed by atoms with van der Waals surface area (Å²) in [7, 11) is 0. The lowest BCUT2D eigenvalue weighted by atomic mass is 10.0. The van der Waals surface area contributed by atoms with E-state index in [0.29, 0.717) is 49.7 Å². The summed E-state index contributed by atoms with van der Waals surface area (Å²) < 4.78 is 20.0. The van der Waals surface area contributed by atoms with Crippen molar-refractivity contribution in [3.05, 3.63) is 82.3 Å². The van der Waals surface area contributed by atoms with Gasteiger partial charge in [0, 0.05) is 37.3 Å². The van der Waals surface area contributed by atoms with Crippen LogP contribution in [0.4, 0.5) is 15.1 Å². The van der Waals surface area contributed by atoms with Gasteiger partial charge in [-0.1, -0.05) is 41.9 Å². The normalized spacial score (nSPS) is 14.0. The number of hydrogen-bond acceptors (Lipinski definition) is 7. The Morgan fingerprint density at radius 2 is 1.90 bits per heavy atom. The number of piperidine rings is 1. The van der Waals surface area contributed by atoms with Gasteiger partial charge in [0.2, 0.25) is 5.95 Å². The molecule has 4 rings (SSSR count). The predicted molar refractivity (Wildman–Crippen MR) is 157 cm³/mol. The van der Waals surface area contributed by atoms with E-state index in [-0.39, 0.29) is 16.6 Å². The number of carbonyl (C=O) groups is 2. The van der Waals surface area contributed by atoms with Gasteiger partial charge < -0.3 is 19.6 Å². The Balaban J connectivity index is 1.50. The van der Waals surface area contributed by atoms with E-state index < -0.39 is 23.5 Å². The van der Waals surface area contributed by atoms with E-state index in [1.165, 1.54) is 24.4 Å². The van der Waals surface area contributed by atoms with Gasteiger partial charge in [0.25, 0.3) is 0 Å². The van der Waals surface area contributed by atoms with Crippen molar-refractivity contribution in [2.24, 2.45) is 0 Å². The molecule has 2 aromatic carbocycles. The summed E-state index contributed by atoms with van der Waals surface area (Å²) in [6, 6.07) is 13.3. The van der Waals surface area contributed by atoms with E-state index in [1.54, 1.807) is 29.2 Å². The first-order valence-electron chi connectivity index (χ1n) is 13.4. The number of nitriles is 1. The third kappa shape index (κ3) is 7.83. The number of benzene rings is 2. The number of amides is 1. The number of nitrogens with zero attached hydrogens (tertiary/aromatic N) is 5. The monoisotopic (exact) mass is 591 g/mol. The van der Waals surface area contributed by atoms with Crippen LogP contribution in [0.15, 0.2) is 54.7 Å². The third-order valence-electron chi connectivity index (χ3n) is 6.66. The van der Waals surface area contributed by atoms with Crippen molar-refractivity contribution >= 4 is 35.7 Å². The van der Waals surface area contributed by atoms with Gasteiger partial charge in [-0.2, -0.15) is 5.26 Å². The Hall–Kier alpha value is -4.49. The van der Waals surface area contributed by atoms with Crippen LogP contribution in [0.1, 0.15) is 50.3 Å². The molecule has 1 amide bonds. The summed E-state index contributed by atoms with van der Waals surface area (Å²) in [6.07, 6.45) is 4.91. The van der Waals surface area contributed by atoms with Gasteiger partial charge in [-0.3, -0.25) is 0 Å². The molecule has 0 radical (unpaired) electrons. The van der Waals surface area contributed by atoms with E-state index in [1.807, 2.05) is 37.8 Å². The molecule has 0 spiro atoms. The van der Waals surface area contributed by atoms with Crippen LogP contribution < -0.4 is 4.90 Å². The topological polar surface area (TPSA) is 120 Å². The smallest absolute Gasteiger partial charge is 0.410 e. The number of anilines is 1. The fourth-order valence-corrected chi connectivity index (χ4v) is 4.81. The van der Waals surface area contributed by atoms with Crippen LogP contribution in [0.25, 0.3) is 17.3 Å². The number of carboxylic acids is 1. The van der Waals surface area contributed by atoms with Crippen LogP contribution in [-0.4, -0.2) is 56.8 Å². The molecule has 1 N–H and O–H groups in total. The number of halogens is 2. The summed E-state index contributed by atoms with van der Waals surface area (Å²) in [6.45, 7) is 6.92. The molecular formula is C31H31ClFN5O4. The van der Waals surface area contributed by atoms with Gasteiger partial charge in [-0.25, -0.2) is 23.9 Å². The third-order valence-corrected chi connectivity index (χ3v) is 6.94. The number of aromatic nitrogens is 2. The number of carbonyl (C=O) groups excluding carboxylic acids is 1. The lowest BCUT2D eigenvalue weighted by Crippen LogP contribution is -2.48. The zero-order valence-corrected chi connectivity index (χ0v) is 24.3. The molecule has 218 valence electrons. The Morgan fingerprint density at radius 1 is 1.21 bits per heavy atom. The number of ether oxygens (including phenoxy) is 1. The number of aliphatic carboxylic acids is 1. The average Bonchev–Trinajstić information content (AvgIpc) is 2.95. The standard InChI is InChI=1S/C31H31ClFN5O4/c1-31(2,3)42-30(41)38(19-21-6-4-20(5-7-21)8-11-27(39)40)24-12-14-37(15-13-24)29-35-18-25(32)28(36-29)22-9-10-23(17-34)26(33)16-22/h4-11,16,18,24H,12-15,19H2,1-3H3,(H,39,40)/b11-8+. The van der Waals surface area contributed by atoms with Crippen molar-refractivity contribution < 1.29 is 23.8 Å². The van der Waals surface area contributed by atoms with E-state index in [9.17, 15) is 14.0 Å². The highest BCUT2D eigenvalue weighted by atomic mass is 35.5. The molecule has 0 atom stereocenters. The molecule has 1 saturated heterocycles. The molecule has 0 unspecified atom stereocenters. The van der Waals surface area contributed by atoms with Crippen LogP contribution >= 0.6 is 11.6 Å². The first-order chi connectivity index (χ1) is 19.9. The summed E-state index contributed by atoms with van der Waals surface area (Å²) in [5, 5.41) is 18.1. The van der Waals surface area contributed by atoms with Gasteiger partial charge >= 0.3 is 12.1 Å². The first-order valence-corrected chi connectivity index (χ1v) is 13.8. The van der Waals surface area contributed by atoms with Gasteiger partial charge in [0.05, 0.1) is 22.5 Å². The average molecular weight is 592 g/mol. The van der Waals surface area contributed by atoms with Crippen molar-refractivity contribution in [2.75, 3.05) is 18.0 Å². The van der Waals surface area contributed by atoms with Crippen molar-refractivity contribution in [2.45, 2.75) is 51.8 Å². The Bertz CT molecular complexity index is 1520. The Kier molecular flexibility index (Phi) is 9.43. The molecule has 1 aliphatic rings. The fourth-order valence-electron chi connectivity index (χ4n) is 4.60. The molecule has 0 aliphatic carbocycles. The second kappa shape index (κ2) is 13.0. The minimum Gasteiger partial charge on any atom is -0.478 e. The van der Waals surface area contributed by atoms with Crippen molar-refractivity contribution in [3.8, 4) is 17.3 Å². The van der Waals surface area contributed by atoms with E-state index in [4.69, 9.17) is 26.7 Å². The molecule has 0 bridgehead atoms. The molecule has 2 heterocycles. The quantitative estimate of drug-likeness (QED) is 0.317. The zero-order valence-electron chi connectivity index (χ0n) is 23.6. The number of carboxylic acid groups (broad SMARTS) is 1. The van der Waals surface area contributed by atoms with Crippen LogP contribution in [0.2, 0.25) is 5.02 Å². The summed E-state index contributed by atoms with van der Waals surface area (Å²) >= 11 is 6.35. The summed E-state index contributed by atoms with van der Waals surface area (Å²) in [5.74, 6) is -1.24. The molecular weight excluding hydrogens is 561 g/mol. The molecule has 9 nitrogen and oxygen atoms in total. The number of hydrogen-bond donors (Lipinski definition) is 1. The van der Waals surface area contributed by atoms with Crippen molar-refractivity contribution in [1.29, 1.82) is 5.26 Å². The highest BCUT2D eigenvalue weighted by molar-refractivity contribution is 6.32. The minimum atomic E-state index is -1.02. The molecule has 3 aromatic rings. The largest absolute Gasteiger partial charge is 0.478 e. The molecule has 0 saturated carbocycles. The van der Waals surface area contributed by atoms with E-state index in [2.05, 4.69) is 9.97 Å². The molecule has 11 heteroatoms. The maximum atomic E-state index is 14.3. The highest BCUT2D eigenvalue weighted by Gasteiger charge is 2.32. The lowest BCUT2D eigenvalue weighted by Gasteiger charge is -2.39. The minimum absolute atomic E-state index is 0.0632. The molecule has 42 heavy (non-hydrogen) atoms. The Morgan fingerprint density at radius 3 is 2.50 bits per heavy atom. The van der Waals surface area contributed by atoms with Crippen LogP contribution in [-0.2, 0) is 16.1 Å². The lowest BCUT2D eigenvalue weighted by molar-refractivity contribution is -0.131. The van der Waals surface area contributed by atoms with Gasteiger partial charge in [0.15, 0.2) is 0 Å². The summed E-state index contributed by atoms with van der Waals surface area (Å²) in [5.41, 5.74) is 1.70. The SMILES string of the molecule is CC(C)(C)OC(=O)N(Cc1ccc(/C=C/C(=O)O)cc1)C1CCN(c2ncc(Cl)c(-c3ccc(C#N)c(F)c3)n2)CC1. The molecule has 1 aromatic heterocycles. The maximum absolute atomic E-state index is 14.3. The fraction of sp³-hybridized carbons (Fsp3) is 0.323. The molecule has 1 fully saturated rings. The summed E-state index contributed by atoms with van der Waals surface area (Å²) in [4.78, 5) is 36.8. The van der Waals surface area contributed by atoms with Gasteiger partial charge in [-0.05, 0) is 62.9 Å². The molecule has 1 aliphatic heterocycles.